The van der Waals surface area contributed by atoms with Gasteiger partial charge in [-0.05, 0) is 32.3 Å². The first-order valence-corrected chi connectivity index (χ1v) is 7.70. The third-order valence-electron chi connectivity index (χ3n) is 3.51. The van der Waals surface area contributed by atoms with Crippen molar-refractivity contribution in [2.75, 3.05) is 5.32 Å². The van der Waals surface area contributed by atoms with Gasteiger partial charge in [-0.15, -0.1) is 11.3 Å². The Balaban J connectivity index is 1.70. The van der Waals surface area contributed by atoms with Gasteiger partial charge in [-0.3, -0.25) is 5.10 Å². The molecule has 1 aliphatic carbocycles. The maximum Gasteiger partial charge on any atom is 0.229 e. The van der Waals surface area contributed by atoms with Gasteiger partial charge in [-0.25, -0.2) is 15.0 Å². The molecule has 0 aliphatic heterocycles. The molecule has 3 aromatic heterocycles. The highest BCUT2D eigenvalue weighted by molar-refractivity contribution is 7.16. The van der Waals surface area contributed by atoms with Crippen LogP contribution in [0.25, 0.3) is 11.3 Å². The SMILES string of the molecule is Cc1ccnc(Nc2nc3c(s2)CCCc2[nH]ncc2-3)n1. The van der Waals surface area contributed by atoms with Crippen LogP contribution in [0, 0.1) is 6.92 Å². The van der Waals surface area contributed by atoms with Crippen LogP contribution in [0.5, 0.6) is 0 Å². The Morgan fingerprint density at radius 2 is 2.24 bits per heavy atom. The maximum absolute atomic E-state index is 4.72. The Bertz CT molecular complexity index is 790. The van der Waals surface area contributed by atoms with E-state index < -0.39 is 0 Å². The number of aromatic nitrogens is 5. The molecule has 0 fully saturated rings. The topological polar surface area (TPSA) is 79.4 Å². The van der Waals surface area contributed by atoms with E-state index in [0.717, 1.165) is 41.3 Å². The van der Waals surface area contributed by atoms with Gasteiger partial charge in [0.2, 0.25) is 5.95 Å². The lowest BCUT2D eigenvalue weighted by Gasteiger charge is -2.00. The molecule has 21 heavy (non-hydrogen) atoms. The van der Waals surface area contributed by atoms with E-state index in [1.165, 1.54) is 10.6 Å². The first-order valence-electron chi connectivity index (χ1n) is 6.88. The van der Waals surface area contributed by atoms with Crippen LogP contribution >= 0.6 is 11.3 Å². The molecule has 2 N–H and O–H groups in total. The van der Waals surface area contributed by atoms with Crippen molar-refractivity contribution in [3.63, 3.8) is 0 Å². The van der Waals surface area contributed by atoms with E-state index in [4.69, 9.17) is 4.98 Å². The largest absolute Gasteiger partial charge is 0.300 e. The van der Waals surface area contributed by atoms with Crippen LogP contribution in [0.2, 0.25) is 0 Å². The second-order valence-corrected chi connectivity index (χ2v) is 6.14. The molecule has 7 heteroatoms. The van der Waals surface area contributed by atoms with Crippen LogP contribution in [-0.2, 0) is 12.8 Å². The molecule has 0 unspecified atom stereocenters. The molecule has 3 heterocycles. The van der Waals surface area contributed by atoms with Gasteiger partial charge < -0.3 is 5.32 Å². The molecule has 6 nitrogen and oxygen atoms in total. The summed E-state index contributed by atoms with van der Waals surface area (Å²) in [6, 6.07) is 1.87. The summed E-state index contributed by atoms with van der Waals surface area (Å²) in [6.45, 7) is 1.95. The summed E-state index contributed by atoms with van der Waals surface area (Å²) in [5.41, 5.74) is 4.27. The number of aromatic amines is 1. The number of hydrogen-bond donors (Lipinski definition) is 2. The number of thiazole rings is 1. The molecule has 106 valence electrons. The Labute approximate surface area is 125 Å². The highest BCUT2D eigenvalue weighted by Gasteiger charge is 2.20. The number of nitrogens with one attached hydrogen (secondary N) is 2. The molecular formula is C14H14N6S. The third-order valence-corrected chi connectivity index (χ3v) is 4.55. The Kier molecular flexibility index (Phi) is 2.92. The Hall–Kier alpha value is -2.28. The monoisotopic (exact) mass is 298 g/mol. The van der Waals surface area contributed by atoms with Crippen LogP contribution in [0.15, 0.2) is 18.5 Å². The van der Waals surface area contributed by atoms with Gasteiger partial charge in [0, 0.05) is 28.0 Å². The number of hydrogen-bond acceptors (Lipinski definition) is 6. The summed E-state index contributed by atoms with van der Waals surface area (Å²) >= 11 is 1.67. The first-order chi connectivity index (χ1) is 10.3. The number of fused-ring (bicyclic) bond motifs is 3. The van der Waals surface area contributed by atoms with Crippen molar-refractivity contribution in [1.82, 2.24) is 25.1 Å². The molecule has 0 radical (unpaired) electrons. The van der Waals surface area contributed by atoms with Crippen molar-refractivity contribution < 1.29 is 0 Å². The van der Waals surface area contributed by atoms with Gasteiger partial charge in [0.25, 0.3) is 0 Å². The summed E-state index contributed by atoms with van der Waals surface area (Å²) in [7, 11) is 0. The van der Waals surface area contributed by atoms with E-state index in [0.29, 0.717) is 5.95 Å². The van der Waals surface area contributed by atoms with E-state index in [1.807, 2.05) is 19.2 Å². The average molecular weight is 298 g/mol. The van der Waals surface area contributed by atoms with Gasteiger partial charge in [0.05, 0.1) is 11.9 Å². The van der Waals surface area contributed by atoms with Crippen molar-refractivity contribution in [2.45, 2.75) is 26.2 Å². The standard InChI is InChI=1S/C14H14N6S/c1-8-5-6-15-13(17-8)19-14-18-12-9-7-16-20-10(9)3-2-4-11(12)21-14/h5-7H,2-4H2,1H3,(H,16,20)(H,15,17,18,19). The molecule has 0 spiro atoms. The van der Waals surface area contributed by atoms with Crippen molar-refractivity contribution in [3.8, 4) is 11.3 Å². The highest BCUT2D eigenvalue weighted by atomic mass is 32.1. The highest BCUT2D eigenvalue weighted by Crippen LogP contribution is 2.36. The molecule has 1 aliphatic rings. The molecule has 0 amide bonds. The fraction of sp³-hybridized carbons (Fsp3) is 0.286. The van der Waals surface area contributed by atoms with Crippen LogP contribution in [0.3, 0.4) is 0 Å². The van der Waals surface area contributed by atoms with E-state index in [-0.39, 0.29) is 0 Å². The van der Waals surface area contributed by atoms with Gasteiger partial charge >= 0.3 is 0 Å². The zero-order valence-electron chi connectivity index (χ0n) is 11.6. The smallest absolute Gasteiger partial charge is 0.229 e. The normalized spacial score (nSPS) is 13.4. The second-order valence-electron chi connectivity index (χ2n) is 5.05. The summed E-state index contributed by atoms with van der Waals surface area (Å²) in [5.74, 6) is 0.589. The molecule has 0 saturated heterocycles. The minimum atomic E-state index is 0.589. The van der Waals surface area contributed by atoms with Gasteiger partial charge in [-0.1, -0.05) is 0 Å². The predicted molar refractivity (Wildman–Crippen MR) is 81.8 cm³/mol. The fourth-order valence-electron chi connectivity index (χ4n) is 2.52. The van der Waals surface area contributed by atoms with Crippen molar-refractivity contribution >= 4 is 22.4 Å². The molecule has 3 aromatic rings. The second kappa shape index (κ2) is 4.92. The minimum absolute atomic E-state index is 0.589. The Morgan fingerprint density at radius 3 is 3.14 bits per heavy atom. The average Bonchev–Trinajstić information content (AvgIpc) is 3.03. The summed E-state index contributed by atoms with van der Waals surface area (Å²) < 4.78 is 0. The van der Waals surface area contributed by atoms with Crippen LogP contribution in [-0.4, -0.2) is 25.1 Å². The predicted octanol–water partition coefficient (Wildman–Crippen LogP) is 2.86. The van der Waals surface area contributed by atoms with E-state index in [9.17, 15) is 0 Å². The molecule has 0 aromatic carbocycles. The zero-order chi connectivity index (χ0) is 14.2. The van der Waals surface area contributed by atoms with Crippen molar-refractivity contribution in [2.24, 2.45) is 0 Å². The van der Waals surface area contributed by atoms with Crippen molar-refractivity contribution in [1.29, 1.82) is 0 Å². The number of rotatable bonds is 2. The number of aryl methyl sites for hydroxylation is 3. The zero-order valence-corrected chi connectivity index (χ0v) is 12.4. The lowest BCUT2D eigenvalue weighted by Crippen LogP contribution is -1.97. The molecule has 0 bridgehead atoms. The molecule has 0 atom stereocenters. The first kappa shape index (κ1) is 12.5. The lowest BCUT2D eigenvalue weighted by atomic mass is 10.2. The molecule has 4 rings (SSSR count). The Morgan fingerprint density at radius 1 is 1.29 bits per heavy atom. The van der Waals surface area contributed by atoms with E-state index in [2.05, 4.69) is 25.5 Å². The van der Waals surface area contributed by atoms with Crippen LogP contribution in [0.4, 0.5) is 11.1 Å². The number of H-pyrrole nitrogens is 1. The van der Waals surface area contributed by atoms with Crippen molar-refractivity contribution in [3.05, 3.63) is 34.7 Å². The third kappa shape index (κ3) is 2.29. The lowest BCUT2D eigenvalue weighted by molar-refractivity contribution is 0.811. The maximum atomic E-state index is 4.72. The van der Waals surface area contributed by atoms with Gasteiger partial charge in [-0.2, -0.15) is 5.10 Å². The quantitative estimate of drug-likeness (QED) is 0.760. The summed E-state index contributed by atoms with van der Waals surface area (Å²) in [6.07, 6.45) is 6.81. The summed E-state index contributed by atoms with van der Waals surface area (Å²) in [5, 5.41) is 11.3. The van der Waals surface area contributed by atoms with Crippen LogP contribution < -0.4 is 5.32 Å². The number of nitrogens with zero attached hydrogens (tertiary/aromatic N) is 4. The molecule has 0 saturated carbocycles. The van der Waals surface area contributed by atoms with Gasteiger partial charge in [0.1, 0.15) is 0 Å². The van der Waals surface area contributed by atoms with Gasteiger partial charge in [0.15, 0.2) is 5.13 Å². The minimum Gasteiger partial charge on any atom is -0.300 e. The van der Waals surface area contributed by atoms with Crippen LogP contribution in [0.1, 0.15) is 22.7 Å². The number of anilines is 2. The summed E-state index contributed by atoms with van der Waals surface area (Å²) in [4.78, 5) is 14.6. The van der Waals surface area contributed by atoms with E-state index >= 15 is 0 Å². The van der Waals surface area contributed by atoms with E-state index in [1.54, 1.807) is 17.5 Å². The molecular weight excluding hydrogens is 284 g/mol. The fourth-order valence-corrected chi connectivity index (χ4v) is 3.53.